The number of rotatable bonds is 8. The molecule has 0 aliphatic carbocycles. The third kappa shape index (κ3) is 5.50. The second kappa shape index (κ2) is 8.08. The number of nitrogens with zero attached hydrogens (tertiary/aromatic N) is 1. The van der Waals surface area contributed by atoms with Gasteiger partial charge in [-0.15, -0.1) is 0 Å². The van der Waals surface area contributed by atoms with Crippen molar-refractivity contribution in [1.29, 1.82) is 0 Å². The first-order valence-electron chi connectivity index (χ1n) is 5.98. The van der Waals surface area contributed by atoms with E-state index in [1.807, 2.05) is 7.05 Å². The van der Waals surface area contributed by atoms with Gasteiger partial charge in [0.1, 0.15) is 0 Å². The highest BCUT2D eigenvalue weighted by Gasteiger charge is 2.19. The summed E-state index contributed by atoms with van der Waals surface area (Å²) in [5, 5.41) is 3.29. The minimum absolute atomic E-state index is 0.499. The van der Waals surface area contributed by atoms with E-state index in [0.717, 1.165) is 13.2 Å². The molecule has 3 atom stereocenters. The Balaban J connectivity index is 4.13. The number of ether oxygens (including phenoxy) is 1. The van der Waals surface area contributed by atoms with Crippen LogP contribution in [0.2, 0.25) is 0 Å². The van der Waals surface area contributed by atoms with Gasteiger partial charge < -0.3 is 10.1 Å². The molecule has 92 valence electrons. The Morgan fingerprint density at radius 2 is 1.80 bits per heavy atom. The van der Waals surface area contributed by atoms with Crippen LogP contribution in [0.15, 0.2) is 0 Å². The monoisotopic (exact) mass is 216 g/mol. The number of hydrogen-bond acceptors (Lipinski definition) is 3. The summed E-state index contributed by atoms with van der Waals surface area (Å²) < 4.78 is 5.21. The second-order valence-corrected chi connectivity index (χ2v) is 4.41. The molecule has 0 radical (unpaired) electrons. The van der Waals surface area contributed by atoms with Crippen LogP contribution in [0, 0.1) is 0 Å². The fourth-order valence-corrected chi connectivity index (χ4v) is 2.16. The zero-order chi connectivity index (χ0) is 11.8. The molecule has 0 aromatic carbocycles. The van der Waals surface area contributed by atoms with Crippen LogP contribution in [0.5, 0.6) is 0 Å². The first-order chi connectivity index (χ1) is 7.06. The summed E-state index contributed by atoms with van der Waals surface area (Å²) in [6, 6.07) is 1.67. The largest absolute Gasteiger partial charge is 0.383 e. The van der Waals surface area contributed by atoms with Crippen LogP contribution in [0.3, 0.4) is 0 Å². The molecule has 0 heterocycles. The van der Waals surface area contributed by atoms with Crippen LogP contribution >= 0.6 is 0 Å². The molecule has 0 aromatic rings. The molecular weight excluding hydrogens is 188 g/mol. The standard InChI is InChI=1S/C12H28N2O/c1-7-14(12(4)9-15-6)11(3)8-10(2)13-5/h10-13H,7-9H2,1-6H3. The van der Waals surface area contributed by atoms with Crippen molar-refractivity contribution in [1.82, 2.24) is 10.2 Å². The average molecular weight is 216 g/mol. The second-order valence-electron chi connectivity index (χ2n) is 4.41. The van der Waals surface area contributed by atoms with Crippen LogP contribution in [0.4, 0.5) is 0 Å². The van der Waals surface area contributed by atoms with E-state index in [1.165, 1.54) is 6.42 Å². The van der Waals surface area contributed by atoms with Crippen molar-refractivity contribution in [3.63, 3.8) is 0 Å². The Bertz CT molecular complexity index is 153. The smallest absolute Gasteiger partial charge is 0.0615 e. The zero-order valence-electron chi connectivity index (χ0n) is 11.2. The molecule has 15 heavy (non-hydrogen) atoms. The summed E-state index contributed by atoms with van der Waals surface area (Å²) >= 11 is 0. The predicted octanol–water partition coefficient (Wildman–Crippen LogP) is 1.73. The van der Waals surface area contributed by atoms with Gasteiger partial charge in [-0.25, -0.2) is 0 Å². The fraction of sp³-hybridized carbons (Fsp3) is 1.00. The molecule has 0 spiro atoms. The maximum atomic E-state index is 5.21. The molecule has 3 unspecified atom stereocenters. The van der Waals surface area contributed by atoms with Gasteiger partial charge in [-0.1, -0.05) is 6.92 Å². The van der Waals surface area contributed by atoms with Gasteiger partial charge in [0.25, 0.3) is 0 Å². The molecule has 0 bridgehead atoms. The fourth-order valence-electron chi connectivity index (χ4n) is 2.16. The Hall–Kier alpha value is -0.120. The maximum absolute atomic E-state index is 5.21. The minimum Gasteiger partial charge on any atom is -0.383 e. The summed E-state index contributed by atoms with van der Waals surface area (Å²) in [5.74, 6) is 0. The molecule has 3 nitrogen and oxygen atoms in total. The van der Waals surface area contributed by atoms with Crippen LogP contribution < -0.4 is 5.32 Å². The lowest BCUT2D eigenvalue weighted by atomic mass is 10.1. The topological polar surface area (TPSA) is 24.5 Å². The van der Waals surface area contributed by atoms with Crippen LogP contribution in [0.1, 0.15) is 34.1 Å². The zero-order valence-corrected chi connectivity index (χ0v) is 11.2. The Morgan fingerprint density at radius 3 is 2.20 bits per heavy atom. The van der Waals surface area contributed by atoms with E-state index in [0.29, 0.717) is 18.1 Å². The maximum Gasteiger partial charge on any atom is 0.0615 e. The average Bonchev–Trinajstić information content (AvgIpc) is 2.19. The van der Waals surface area contributed by atoms with Crippen LogP contribution in [-0.2, 0) is 4.74 Å². The van der Waals surface area contributed by atoms with E-state index in [4.69, 9.17) is 4.74 Å². The molecule has 3 heteroatoms. The normalized spacial score (nSPS) is 17.8. The van der Waals surface area contributed by atoms with Crippen molar-refractivity contribution >= 4 is 0 Å². The molecule has 0 aromatic heterocycles. The van der Waals surface area contributed by atoms with Crippen molar-refractivity contribution in [2.45, 2.75) is 52.2 Å². The lowest BCUT2D eigenvalue weighted by Crippen LogP contribution is -2.44. The Labute approximate surface area is 95.2 Å². The van der Waals surface area contributed by atoms with Crippen LogP contribution in [-0.4, -0.2) is 50.3 Å². The minimum atomic E-state index is 0.499. The third-order valence-corrected chi connectivity index (χ3v) is 3.09. The van der Waals surface area contributed by atoms with E-state index < -0.39 is 0 Å². The van der Waals surface area contributed by atoms with Crippen LogP contribution in [0.25, 0.3) is 0 Å². The van der Waals surface area contributed by atoms with E-state index in [1.54, 1.807) is 7.11 Å². The first-order valence-corrected chi connectivity index (χ1v) is 5.98. The van der Waals surface area contributed by atoms with Crippen molar-refractivity contribution in [2.24, 2.45) is 0 Å². The molecule has 0 saturated heterocycles. The van der Waals surface area contributed by atoms with Crippen molar-refractivity contribution < 1.29 is 4.74 Å². The summed E-state index contributed by atoms with van der Waals surface area (Å²) in [6.07, 6.45) is 1.18. The van der Waals surface area contributed by atoms with Crippen molar-refractivity contribution in [2.75, 3.05) is 27.3 Å². The molecule has 0 rings (SSSR count). The molecule has 0 aliphatic rings. The Kier molecular flexibility index (Phi) is 8.02. The van der Waals surface area contributed by atoms with Gasteiger partial charge in [-0.05, 0) is 40.8 Å². The number of methoxy groups -OCH3 is 1. The van der Waals surface area contributed by atoms with Crippen molar-refractivity contribution in [3.8, 4) is 0 Å². The van der Waals surface area contributed by atoms with Gasteiger partial charge >= 0.3 is 0 Å². The first kappa shape index (κ1) is 14.9. The Morgan fingerprint density at radius 1 is 1.20 bits per heavy atom. The summed E-state index contributed by atoms with van der Waals surface area (Å²) in [5.41, 5.74) is 0. The van der Waals surface area contributed by atoms with Gasteiger partial charge in [-0.3, -0.25) is 4.90 Å². The quantitative estimate of drug-likeness (QED) is 0.669. The highest BCUT2D eigenvalue weighted by Crippen LogP contribution is 2.11. The highest BCUT2D eigenvalue weighted by molar-refractivity contribution is 4.75. The van der Waals surface area contributed by atoms with E-state index >= 15 is 0 Å². The number of nitrogens with one attached hydrogen (secondary N) is 1. The SMILES string of the molecule is CCN(C(C)COC)C(C)CC(C)NC. The van der Waals surface area contributed by atoms with E-state index in [2.05, 4.69) is 37.9 Å². The summed E-state index contributed by atoms with van der Waals surface area (Å²) in [4.78, 5) is 2.50. The number of hydrogen-bond donors (Lipinski definition) is 1. The molecule has 0 saturated carbocycles. The van der Waals surface area contributed by atoms with Crippen molar-refractivity contribution in [3.05, 3.63) is 0 Å². The predicted molar refractivity (Wildman–Crippen MR) is 66.3 cm³/mol. The molecular formula is C12H28N2O. The lowest BCUT2D eigenvalue weighted by molar-refractivity contribution is 0.0730. The molecule has 1 N–H and O–H groups in total. The summed E-state index contributed by atoms with van der Waals surface area (Å²) in [7, 11) is 3.79. The molecule has 0 fully saturated rings. The number of likely N-dealkylation sites (N-methyl/N-ethyl adjacent to an activating group) is 1. The summed E-state index contributed by atoms with van der Waals surface area (Å²) in [6.45, 7) is 10.9. The van der Waals surface area contributed by atoms with Gasteiger partial charge in [0, 0.05) is 25.2 Å². The van der Waals surface area contributed by atoms with Gasteiger partial charge in [0.05, 0.1) is 6.61 Å². The third-order valence-electron chi connectivity index (χ3n) is 3.09. The highest BCUT2D eigenvalue weighted by atomic mass is 16.5. The molecule has 0 amide bonds. The van der Waals surface area contributed by atoms with Gasteiger partial charge in [0.15, 0.2) is 0 Å². The molecule has 0 aliphatic heterocycles. The van der Waals surface area contributed by atoms with Gasteiger partial charge in [-0.2, -0.15) is 0 Å². The van der Waals surface area contributed by atoms with E-state index in [9.17, 15) is 0 Å². The lowest BCUT2D eigenvalue weighted by Gasteiger charge is -2.34. The van der Waals surface area contributed by atoms with E-state index in [-0.39, 0.29) is 0 Å². The van der Waals surface area contributed by atoms with Gasteiger partial charge in [0.2, 0.25) is 0 Å².